The van der Waals surface area contributed by atoms with Crippen molar-refractivity contribution < 1.29 is 19.2 Å². The summed E-state index contributed by atoms with van der Waals surface area (Å²) in [7, 11) is 1.52. The molecule has 1 aliphatic rings. The predicted octanol–water partition coefficient (Wildman–Crippen LogP) is 2.72. The van der Waals surface area contributed by atoms with Gasteiger partial charge >= 0.3 is 5.97 Å². The van der Waals surface area contributed by atoms with Gasteiger partial charge < -0.3 is 9.47 Å². The van der Waals surface area contributed by atoms with Crippen LogP contribution in [-0.2, 0) is 9.53 Å². The lowest BCUT2D eigenvalue weighted by Gasteiger charge is -2.25. The van der Waals surface area contributed by atoms with Gasteiger partial charge in [-0.25, -0.2) is 9.79 Å². The number of para-hydroxylation sites is 1. The van der Waals surface area contributed by atoms with Crippen molar-refractivity contribution in [1.82, 2.24) is 4.57 Å². The SMILES string of the molecule is CCOC(=O)C1=C(C)N=c2s/c(=C\c3cccc([N+](=O)[O-])c3)c(=O)n2[C@H]1c1ccccc1OC. The number of benzene rings is 2. The van der Waals surface area contributed by atoms with Crippen LogP contribution in [0.3, 0.4) is 0 Å². The first-order valence-electron chi connectivity index (χ1n) is 10.4. The largest absolute Gasteiger partial charge is 0.496 e. The van der Waals surface area contributed by atoms with Crippen LogP contribution in [0.15, 0.2) is 69.6 Å². The molecule has 10 heteroatoms. The highest BCUT2D eigenvalue weighted by Crippen LogP contribution is 2.35. The van der Waals surface area contributed by atoms with E-state index in [0.29, 0.717) is 31.9 Å². The van der Waals surface area contributed by atoms with Crippen molar-refractivity contribution >= 4 is 29.1 Å². The Hall–Kier alpha value is -4.05. The molecule has 0 bridgehead atoms. The van der Waals surface area contributed by atoms with Gasteiger partial charge in [-0.1, -0.05) is 41.7 Å². The van der Waals surface area contributed by atoms with Crippen molar-refractivity contribution in [3.05, 3.63) is 101 Å². The number of hydrogen-bond donors (Lipinski definition) is 0. The number of esters is 1. The number of rotatable bonds is 6. The Morgan fingerprint density at radius 2 is 2.03 bits per heavy atom. The number of nitro benzene ring substituents is 1. The summed E-state index contributed by atoms with van der Waals surface area (Å²) in [6.45, 7) is 3.58. The third-order valence-corrected chi connectivity index (χ3v) is 6.31. The predicted molar refractivity (Wildman–Crippen MR) is 126 cm³/mol. The number of nitrogens with zero attached hydrogens (tertiary/aromatic N) is 3. The Morgan fingerprint density at radius 3 is 2.74 bits per heavy atom. The molecule has 1 atom stereocenters. The van der Waals surface area contributed by atoms with Crippen LogP contribution >= 0.6 is 11.3 Å². The molecule has 2 heterocycles. The summed E-state index contributed by atoms with van der Waals surface area (Å²) in [5.41, 5.74) is 1.37. The molecule has 3 aromatic rings. The van der Waals surface area contributed by atoms with Gasteiger partial charge in [0.1, 0.15) is 11.8 Å². The van der Waals surface area contributed by atoms with Crippen LogP contribution in [-0.4, -0.2) is 29.2 Å². The summed E-state index contributed by atoms with van der Waals surface area (Å²) in [5, 5.41) is 11.1. The van der Waals surface area contributed by atoms with Crippen molar-refractivity contribution in [3.63, 3.8) is 0 Å². The minimum absolute atomic E-state index is 0.0751. The zero-order valence-corrected chi connectivity index (χ0v) is 19.5. The number of non-ortho nitro benzene ring substituents is 1. The molecule has 0 amide bonds. The zero-order chi connectivity index (χ0) is 24.4. The van der Waals surface area contributed by atoms with Crippen LogP contribution < -0.4 is 19.6 Å². The number of allylic oxidation sites excluding steroid dienone is 1. The topological polar surface area (TPSA) is 113 Å². The second-order valence-electron chi connectivity index (χ2n) is 7.40. The molecule has 0 radical (unpaired) electrons. The number of aromatic nitrogens is 1. The Bertz CT molecular complexity index is 1500. The second kappa shape index (κ2) is 9.44. The monoisotopic (exact) mass is 479 g/mol. The molecule has 0 fully saturated rings. The van der Waals surface area contributed by atoms with E-state index >= 15 is 0 Å². The van der Waals surface area contributed by atoms with E-state index in [0.717, 1.165) is 11.3 Å². The van der Waals surface area contributed by atoms with E-state index < -0.39 is 16.9 Å². The summed E-state index contributed by atoms with van der Waals surface area (Å²) in [6, 6.07) is 12.4. The molecule has 34 heavy (non-hydrogen) atoms. The summed E-state index contributed by atoms with van der Waals surface area (Å²) in [6.07, 6.45) is 1.58. The van der Waals surface area contributed by atoms with Gasteiger partial charge in [-0.15, -0.1) is 0 Å². The minimum atomic E-state index is -0.807. The molecule has 0 spiro atoms. The molecular weight excluding hydrogens is 458 g/mol. The highest BCUT2D eigenvalue weighted by atomic mass is 32.1. The third-order valence-electron chi connectivity index (χ3n) is 5.33. The first-order chi connectivity index (χ1) is 16.3. The first-order valence-corrected chi connectivity index (χ1v) is 11.2. The molecule has 0 saturated carbocycles. The Balaban J connectivity index is 1.98. The van der Waals surface area contributed by atoms with E-state index in [2.05, 4.69) is 4.99 Å². The van der Waals surface area contributed by atoms with Gasteiger partial charge in [-0.05, 0) is 31.6 Å². The number of methoxy groups -OCH3 is 1. The van der Waals surface area contributed by atoms with Crippen LogP contribution in [0.25, 0.3) is 6.08 Å². The molecule has 4 rings (SSSR count). The van der Waals surface area contributed by atoms with Crippen molar-refractivity contribution in [3.8, 4) is 5.75 Å². The Kier molecular flexibility index (Phi) is 6.42. The van der Waals surface area contributed by atoms with Gasteiger partial charge in [0.2, 0.25) is 0 Å². The lowest BCUT2D eigenvalue weighted by molar-refractivity contribution is -0.384. The maximum absolute atomic E-state index is 13.6. The van der Waals surface area contributed by atoms with Crippen LogP contribution in [0.5, 0.6) is 5.75 Å². The van der Waals surface area contributed by atoms with Gasteiger partial charge in [0.05, 0.1) is 34.4 Å². The van der Waals surface area contributed by atoms with Crippen LogP contribution in [0.4, 0.5) is 5.69 Å². The average Bonchev–Trinajstić information content (AvgIpc) is 3.12. The van der Waals surface area contributed by atoms with Crippen LogP contribution in [0, 0.1) is 10.1 Å². The van der Waals surface area contributed by atoms with E-state index in [9.17, 15) is 19.7 Å². The summed E-state index contributed by atoms with van der Waals surface area (Å²) in [5.74, 6) is -0.0510. The summed E-state index contributed by atoms with van der Waals surface area (Å²) >= 11 is 1.15. The summed E-state index contributed by atoms with van der Waals surface area (Å²) in [4.78, 5) is 42.1. The second-order valence-corrected chi connectivity index (χ2v) is 8.41. The molecule has 0 N–H and O–H groups in total. The Morgan fingerprint density at radius 1 is 1.26 bits per heavy atom. The lowest BCUT2D eigenvalue weighted by atomic mass is 9.95. The van der Waals surface area contributed by atoms with Crippen LogP contribution in [0.2, 0.25) is 0 Å². The molecular formula is C24H21N3O6S. The number of thiazole rings is 1. The fourth-order valence-corrected chi connectivity index (χ4v) is 4.90. The summed E-state index contributed by atoms with van der Waals surface area (Å²) < 4.78 is 12.6. The molecule has 2 aromatic carbocycles. The zero-order valence-electron chi connectivity index (χ0n) is 18.7. The highest BCUT2D eigenvalue weighted by Gasteiger charge is 2.34. The number of nitro groups is 1. The molecule has 0 unspecified atom stereocenters. The molecule has 9 nitrogen and oxygen atoms in total. The van der Waals surface area contributed by atoms with E-state index in [1.807, 2.05) is 0 Å². The van der Waals surface area contributed by atoms with Gasteiger partial charge in [-0.2, -0.15) is 0 Å². The van der Waals surface area contributed by atoms with Gasteiger partial charge in [-0.3, -0.25) is 19.5 Å². The number of carbonyl (C=O) groups is 1. The third kappa shape index (κ3) is 4.15. The minimum Gasteiger partial charge on any atom is -0.496 e. The molecule has 1 aliphatic heterocycles. The molecule has 174 valence electrons. The van der Waals surface area contributed by atoms with Gasteiger partial charge in [0, 0.05) is 17.7 Å². The molecule has 0 saturated heterocycles. The lowest BCUT2D eigenvalue weighted by Crippen LogP contribution is -2.40. The van der Waals surface area contributed by atoms with Crippen molar-refractivity contribution in [2.24, 2.45) is 4.99 Å². The number of fused-ring (bicyclic) bond motifs is 1. The van der Waals surface area contributed by atoms with E-state index in [1.165, 1.54) is 23.8 Å². The maximum Gasteiger partial charge on any atom is 0.338 e. The fraction of sp³-hybridized carbons (Fsp3) is 0.208. The number of ether oxygens (including phenoxy) is 2. The Labute approximate surface area is 198 Å². The smallest absolute Gasteiger partial charge is 0.338 e. The maximum atomic E-state index is 13.6. The van der Waals surface area contributed by atoms with Gasteiger partial charge in [0.15, 0.2) is 4.80 Å². The van der Waals surface area contributed by atoms with Crippen LogP contribution in [0.1, 0.15) is 31.0 Å². The number of carbonyl (C=O) groups excluding carboxylic acids is 1. The van der Waals surface area contributed by atoms with Crippen molar-refractivity contribution in [2.75, 3.05) is 13.7 Å². The number of hydrogen-bond acceptors (Lipinski definition) is 8. The van der Waals surface area contributed by atoms with Crippen molar-refractivity contribution in [2.45, 2.75) is 19.9 Å². The van der Waals surface area contributed by atoms with E-state index in [1.54, 1.807) is 56.3 Å². The quantitative estimate of drug-likeness (QED) is 0.305. The standard InChI is InChI=1S/C24H21N3O6S/c1-4-33-23(29)20-14(2)25-24-26(21(20)17-10-5-6-11-18(17)32-3)22(28)19(34-24)13-15-8-7-9-16(12-15)27(30)31/h5-13,21H,4H2,1-3H3/b19-13-/t21-/m0/s1. The van der Waals surface area contributed by atoms with Crippen molar-refractivity contribution in [1.29, 1.82) is 0 Å². The fourth-order valence-electron chi connectivity index (χ4n) is 3.86. The highest BCUT2D eigenvalue weighted by molar-refractivity contribution is 7.07. The van der Waals surface area contributed by atoms with E-state index in [-0.39, 0.29) is 23.4 Å². The normalized spacial score (nSPS) is 15.5. The molecule has 1 aromatic heterocycles. The van der Waals surface area contributed by atoms with Gasteiger partial charge in [0.25, 0.3) is 11.2 Å². The first kappa shape index (κ1) is 23.1. The average molecular weight is 480 g/mol. The van der Waals surface area contributed by atoms with E-state index in [4.69, 9.17) is 9.47 Å². The molecule has 0 aliphatic carbocycles.